The Balaban J connectivity index is 1.56. The van der Waals surface area contributed by atoms with Gasteiger partial charge in [-0.2, -0.15) is 0 Å². The van der Waals surface area contributed by atoms with Crippen molar-refractivity contribution < 1.29 is 9.18 Å². The number of nitrogens with one attached hydrogen (secondary N) is 1. The predicted octanol–water partition coefficient (Wildman–Crippen LogP) is 4.29. The molecule has 3 rings (SSSR count). The van der Waals surface area contributed by atoms with E-state index in [1.165, 1.54) is 22.9 Å². The van der Waals surface area contributed by atoms with Crippen molar-refractivity contribution in [2.24, 2.45) is 0 Å². The summed E-state index contributed by atoms with van der Waals surface area (Å²) in [6, 6.07) is 20.7. The minimum absolute atomic E-state index is 0.0322. The van der Waals surface area contributed by atoms with Gasteiger partial charge in [-0.1, -0.05) is 48.5 Å². The maximum atomic E-state index is 13.0. The second-order valence-electron chi connectivity index (χ2n) is 6.69. The zero-order valence-corrected chi connectivity index (χ0v) is 15.1. The number of fused-ring (bicyclic) bond motifs is 1. The Morgan fingerprint density at radius 1 is 1.04 bits per heavy atom. The van der Waals surface area contributed by atoms with Crippen molar-refractivity contribution in [3.63, 3.8) is 0 Å². The number of nitrogens with zero attached hydrogens (tertiary/aromatic N) is 1. The fraction of sp³-hybridized carbons (Fsp3) is 0.227. The Morgan fingerprint density at radius 2 is 1.73 bits per heavy atom. The van der Waals surface area contributed by atoms with E-state index in [9.17, 15) is 9.18 Å². The van der Waals surface area contributed by atoms with Crippen molar-refractivity contribution in [2.75, 3.05) is 13.6 Å². The number of carbonyl (C=O) groups excluding carboxylic acids is 1. The standard InChI is InChI=1S/C22H23FN2O/c1-16(19-10-9-18-5-3-4-6-20(18)13-19)24-22(26)15-25(2)14-17-7-11-21(23)12-8-17/h3-13,16H,14-15H2,1-2H3,(H,24,26)/t16-/m0/s1. The third-order valence-corrected chi connectivity index (χ3v) is 4.43. The van der Waals surface area contributed by atoms with Gasteiger partial charge < -0.3 is 5.32 Å². The van der Waals surface area contributed by atoms with Gasteiger partial charge in [-0.25, -0.2) is 4.39 Å². The van der Waals surface area contributed by atoms with Gasteiger partial charge in [0.15, 0.2) is 0 Å². The molecular formula is C22H23FN2O. The van der Waals surface area contributed by atoms with E-state index in [0.717, 1.165) is 11.1 Å². The number of rotatable bonds is 6. The lowest BCUT2D eigenvalue weighted by molar-refractivity contribution is -0.122. The van der Waals surface area contributed by atoms with E-state index in [4.69, 9.17) is 0 Å². The SMILES string of the molecule is C[C@H](NC(=O)CN(C)Cc1ccc(F)cc1)c1ccc2ccccc2c1. The van der Waals surface area contributed by atoms with Gasteiger partial charge in [0.2, 0.25) is 5.91 Å². The average molecular weight is 350 g/mol. The molecule has 0 aliphatic rings. The summed E-state index contributed by atoms with van der Waals surface area (Å²) >= 11 is 0. The monoisotopic (exact) mass is 350 g/mol. The maximum Gasteiger partial charge on any atom is 0.234 e. The van der Waals surface area contributed by atoms with Gasteiger partial charge in [0.1, 0.15) is 5.82 Å². The second-order valence-corrected chi connectivity index (χ2v) is 6.69. The summed E-state index contributed by atoms with van der Waals surface area (Å²) in [5.74, 6) is -0.284. The third kappa shape index (κ3) is 4.67. The molecule has 0 saturated carbocycles. The summed E-state index contributed by atoms with van der Waals surface area (Å²) in [7, 11) is 1.88. The van der Waals surface area contributed by atoms with Crippen LogP contribution in [-0.2, 0) is 11.3 Å². The molecular weight excluding hydrogens is 327 g/mol. The minimum atomic E-state index is -0.252. The van der Waals surface area contributed by atoms with Gasteiger partial charge in [0.05, 0.1) is 12.6 Å². The molecule has 3 nitrogen and oxygen atoms in total. The first-order valence-corrected chi connectivity index (χ1v) is 8.72. The zero-order valence-electron chi connectivity index (χ0n) is 15.1. The highest BCUT2D eigenvalue weighted by molar-refractivity contribution is 5.83. The maximum absolute atomic E-state index is 13.0. The summed E-state index contributed by atoms with van der Waals surface area (Å²) in [6.07, 6.45) is 0. The lowest BCUT2D eigenvalue weighted by atomic mass is 10.0. The first-order valence-electron chi connectivity index (χ1n) is 8.72. The number of carbonyl (C=O) groups is 1. The molecule has 0 aromatic heterocycles. The van der Waals surface area contributed by atoms with Crippen LogP contribution in [-0.4, -0.2) is 24.4 Å². The largest absolute Gasteiger partial charge is 0.348 e. The Hall–Kier alpha value is -2.72. The second kappa shape index (κ2) is 8.11. The van der Waals surface area contributed by atoms with Crippen LogP contribution in [0.1, 0.15) is 24.1 Å². The van der Waals surface area contributed by atoms with Gasteiger partial charge >= 0.3 is 0 Å². The summed E-state index contributed by atoms with van der Waals surface area (Å²) in [6.45, 7) is 2.87. The molecule has 1 N–H and O–H groups in total. The average Bonchev–Trinajstić information content (AvgIpc) is 2.63. The molecule has 0 unspecified atom stereocenters. The van der Waals surface area contributed by atoms with Crippen molar-refractivity contribution in [2.45, 2.75) is 19.5 Å². The van der Waals surface area contributed by atoms with E-state index in [0.29, 0.717) is 6.54 Å². The molecule has 4 heteroatoms. The van der Waals surface area contributed by atoms with Gasteiger partial charge in [-0.15, -0.1) is 0 Å². The molecule has 0 aliphatic carbocycles. The normalized spacial score (nSPS) is 12.3. The molecule has 0 aliphatic heterocycles. The molecule has 3 aromatic rings. The molecule has 3 aromatic carbocycles. The lowest BCUT2D eigenvalue weighted by Crippen LogP contribution is -2.36. The molecule has 0 bridgehead atoms. The highest BCUT2D eigenvalue weighted by atomic mass is 19.1. The number of hydrogen-bond acceptors (Lipinski definition) is 2. The quantitative estimate of drug-likeness (QED) is 0.719. The van der Waals surface area contributed by atoms with Gasteiger partial charge in [0.25, 0.3) is 0 Å². The summed E-state index contributed by atoms with van der Waals surface area (Å²) < 4.78 is 13.0. The summed E-state index contributed by atoms with van der Waals surface area (Å²) in [5.41, 5.74) is 2.06. The lowest BCUT2D eigenvalue weighted by Gasteiger charge is -2.19. The molecule has 0 radical (unpaired) electrons. The fourth-order valence-electron chi connectivity index (χ4n) is 3.05. The van der Waals surface area contributed by atoms with Crippen molar-refractivity contribution >= 4 is 16.7 Å². The summed E-state index contributed by atoms with van der Waals surface area (Å²) in [5, 5.41) is 5.40. The first-order chi connectivity index (χ1) is 12.5. The van der Waals surface area contributed by atoms with Crippen molar-refractivity contribution in [3.05, 3.63) is 83.7 Å². The smallest absolute Gasteiger partial charge is 0.234 e. The van der Waals surface area contributed by atoms with Gasteiger partial charge in [-0.3, -0.25) is 9.69 Å². The highest BCUT2D eigenvalue weighted by Crippen LogP contribution is 2.20. The zero-order chi connectivity index (χ0) is 18.5. The molecule has 1 amide bonds. The molecule has 0 heterocycles. The van der Waals surface area contributed by atoms with Crippen LogP contribution in [0.2, 0.25) is 0 Å². The first kappa shape index (κ1) is 18.1. The Morgan fingerprint density at radius 3 is 2.46 bits per heavy atom. The van der Waals surface area contributed by atoms with Crippen LogP contribution >= 0.6 is 0 Å². The molecule has 0 spiro atoms. The van der Waals surface area contributed by atoms with E-state index in [1.807, 2.05) is 31.0 Å². The predicted molar refractivity (Wildman–Crippen MR) is 103 cm³/mol. The number of likely N-dealkylation sites (N-methyl/N-ethyl adjacent to an activating group) is 1. The Labute approximate surface area is 153 Å². The van der Waals surface area contributed by atoms with E-state index in [1.54, 1.807) is 12.1 Å². The third-order valence-electron chi connectivity index (χ3n) is 4.43. The van der Waals surface area contributed by atoms with E-state index < -0.39 is 0 Å². The van der Waals surface area contributed by atoms with Crippen molar-refractivity contribution in [1.82, 2.24) is 10.2 Å². The highest BCUT2D eigenvalue weighted by Gasteiger charge is 2.12. The van der Waals surface area contributed by atoms with Gasteiger partial charge in [0, 0.05) is 6.54 Å². The van der Waals surface area contributed by atoms with Gasteiger partial charge in [-0.05, 0) is 54.1 Å². The number of benzene rings is 3. The van der Waals surface area contributed by atoms with Crippen LogP contribution in [0.4, 0.5) is 4.39 Å². The van der Waals surface area contributed by atoms with Crippen molar-refractivity contribution in [1.29, 1.82) is 0 Å². The van der Waals surface area contributed by atoms with Crippen LogP contribution < -0.4 is 5.32 Å². The van der Waals surface area contributed by atoms with Crippen LogP contribution in [0.5, 0.6) is 0 Å². The molecule has 134 valence electrons. The van der Waals surface area contributed by atoms with Crippen LogP contribution in [0.3, 0.4) is 0 Å². The molecule has 0 fully saturated rings. The number of amides is 1. The van der Waals surface area contributed by atoms with Crippen LogP contribution in [0.25, 0.3) is 10.8 Å². The summed E-state index contributed by atoms with van der Waals surface area (Å²) in [4.78, 5) is 14.2. The molecule has 1 atom stereocenters. The van der Waals surface area contributed by atoms with Crippen LogP contribution in [0, 0.1) is 5.82 Å². The van der Waals surface area contributed by atoms with E-state index in [-0.39, 0.29) is 24.3 Å². The molecule has 26 heavy (non-hydrogen) atoms. The van der Waals surface area contributed by atoms with Crippen LogP contribution in [0.15, 0.2) is 66.7 Å². The Bertz CT molecular complexity index is 892. The minimum Gasteiger partial charge on any atom is -0.348 e. The topological polar surface area (TPSA) is 32.3 Å². The fourth-order valence-corrected chi connectivity index (χ4v) is 3.05. The Kier molecular flexibility index (Phi) is 5.64. The number of hydrogen-bond donors (Lipinski definition) is 1. The van der Waals surface area contributed by atoms with E-state index >= 15 is 0 Å². The number of halogens is 1. The van der Waals surface area contributed by atoms with Crippen molar-refractivity contribution in [3.8, 4) is 0 Å². The van der Waals surface area contributed by atoms with E-state index in [2.05, 4.69) is 35.6 Å². The molecule has 0 saturated heterocycles.